The summed E-state index contributed by atoms with van der Waals surface area (Å²) in [6.45, 7) is 2.17. The molecule has 0 aliphatic carbocycles. The Morgan fingerprint density at radius 2 is 2.00 bits per heavy atom. The van der Waals surface area contributed by atoms with E-state index in [1.165, 1.54) is 0 Å². The zero-order valence-electron chi connectivity index (χ0n) is 20.3. The monoisotopic (exact) mass is 507 g/mol. The molecule has 2 N–H and O–H groups in total. The van der Waals surface area contributed by atoms with Crippen molar-refractivity contribution in [2.45, 2.75) is 38.2 Å². The third-order valence-electron chi connectivity index (χ3n) is 7.01. The van der Waals surface area contributed by atoms with Gasteiger partial charge in [0.2, 0.25) is 0 Å². The first kappa shape index (κ1) is 25.9. The van der Waals surface area contributed by atoms with Crippen LogP contribution in [0.2, 0.25) is 5.02 Å². The van der Waals surface area contributed by atoms with Gasteiger partial charge in [-0.3, -0.25) is 19.7 Å². The Morgan fingerprint density at radius 3 is 2.69 bits per heavy atom. The van der Waals surface area contributed by atoms with Crippen LogP contribution in [0.25, 0.3) is 10.9 Å². The third-order valence-corrected chi connectivity index (χ3v) is 7.31. The maximum atomic E-state index is 11.8. The van der Waals surface area contributed by atoms with Crippen molar-refractivity contribution < 1.29 is 19.7 Å². The molecule has 188 valence electrons. The van der Waals surface area contributed by atoms with Gasteiger partial charge in [0.15, 0.2) is 0 Å². The highest BCUT2D eigenvalue weighted by Gasteiger charge is 2.37. The molecular formula is C28H30ClN3O4. The van der Waals surface area contributed by atoms with Crippen LogP contribution < -0.4 is 4.74 Å². The summed E-state index contributed by atoms with van der Waals surface area (Å²) in [5.74, 6) is 6.19. The van der Waals surface area contributed by atoms with Gasteiger partial charge in [0.05, 0.1) is 36.7 Å². The molecule has 0 spiro atoms. The van der Waals surface area contributed by atoms with Gasteiger partial charge in [-0.1, -0.05) is 23.4 Å². The van der Waals surface area contributed by atoms with Gasteiger partial charge in [-0.2, -0.15) is 0 Å². The number of piperidine rings is 1. The Labute approximate surface area is 216 Å². The highest BCUT2D eigenvalue weighted by molar-refractivity contribution is 6.32. The van der Waals surface area contributed by atoms with Crippen LogP contribution in [0.3, 0.4) is 0 Å². The minimum Gasteiger partial charge on any atom is -0.497 e. The van der Waals surface area contributed by atoms with Crippen molar-refractivity contribution in [3.8, 4) is 17.6 Å². The van der Waals surface area contributed by atoms with Gasteiger partial charge >= 0.3 is 5.97 Å². The maximum Gasteiger partial charge on any atom is 0.303 e. The number of rotatable bonds is 8. The number of likely N-dealkylation sites (tertiary alicyclic amines) is 1. The van der Waals surface area contributed by atoms with E-state index in [4.69, 9.17) is 16.3 Å². The second kappa shape index (κ2) is 11.7. The number of nitrogens with zero attached hydrogens (tertiary/aromatic N) is 3. The van der Waals surface area contributed by atoms with Crippen LogP contribution in [0.1, 0.15) is 49.3 Å². The van der Waals surface area contributed by atoms with Crippen molar-refractivity contribution in [3.05, 3.63) is 65.1 Å². The molecule has 0 bridgehead atoms. The highest BCUT2D eigenvalue weighted by atomic mass is 35.5. The number of methoxy groups -OCH3 is 1. The topological polar surface area (TPSA) is 95.8 Å². The fourth-order valence-corrected chi connectivity index (χ4v) is 5.21. The van der Waals surface area contributed by atoms with Gasteiger partial charge in [-0.05, 0) is 74.5 Å². The van der Waals surface area contributed by atoms with Gasteiger partial charge in [0, 0.05) is 35.1 Å². The number of hydrogen-bond acceptors (Lipinski definition) is 6. The highest BCUT2D eigenvalue weighted by Crippen LogP contribution is 2.43. The largest absolute Gasteiger partial charge is 0.497 e. The Kier molecular flexibility index (Phi) is 8.42. The molecule has 3 heterocycles. The number of aliphatic hydroxyl groups is 1. The summed E-state index contributed by atoms with van der Waals surface area (Å²) in [5, 5.41) is 22.0. The summed E-state index contributed by atoms with van der Waals surface area (Å²) in [4.78, 5) is 22.4. The normalized spacial score (nSPS) is 16.2. The van der Waals surface area contributed by atoms with E-state index in [1.54, 1.807) is 25.7 Å². The summed E-state index contributed by atoms with van der Waals surface area (Å²) < 4.78 is 5.34. The Morgan fingerprint density at radius 1 is 1.25 bits per heavy atom. The van der Waals surface area contributed by atoms with Crippen molar-refractivity contribution in [1.29, 1.82) is 0 Å². The fraction of sp³-hybridized carbons (Fsp3) is 0.393. The summed E-state index contributed by atoms with van der Waals surface area (Å²) in [7, 11) is 1.59. The third kappa shape index (κ3) is 6.33. The van der Waals surface area contributed by atoms with Crippen LogP contribution in [0.5, 0.6) is 5.75 Å². The molecule has 1 aromatic carbocycles. The lowest BCUT2D eigenvalue weighted by molar-refractivity contribution is -0.141. The first-order valence-corrected chi connectivity index (χ1v) is 12.4. The van der Waals surface area contributed by atoms with Crippen molar-refractivity contribution in [1.82, 2.24) is 14.9 Å². The number of ether oxygens (including phenoxy) is 1. The van der Waals surface area contributed by atoms with Crippen LogP contribution in [-0.4, -0.2) is 57.8 Å². The zero-order valence-corrected chi connectivity index (χ0v) is 21.0. The Bertz CT molecular complexity index is 1260. The molecule has 1 aliphatic heterocycles. The van der Waals surface area contributed by atoms with E-state index >= 15 is 0 Å². The van der Waals surface area contributed by atoms with Crippen molar-refractivity contribution >= 4 is 28.5 Å². The summed E-state index contributed by atoms with van der Waals surface area (Å²) in [5.41, 5.74) is 1.87. The number of fused-ring (bicyclic) bond motifs is 1. The number of pyridine rings is 2. The van der Waals surface area contributed by atoms with Crippen molar-refractivity contribution in [2.24, 2.45) is 5.41 Å². The summed E-state index contributed by atoms with van der Waals surface area (Å²) in [6, 6.07) is 9.23. The first-order valence-electron chi connectivity index (χ1n) is 12.0. The minimum atomic E-state index is -0.843. The molecular weight excluding hydrogens is 478 g/mol. The van der Waals surface area contributed by atoms with Crippen LogP contribution >= 0.6 is 11.6 Å². The molecule has 36 heavy (non-hydrogen) atoms. The lowest BCUT2D eigenvalue weighted by atomic mass is 9.71. The number of carboxylic acids is 1. The maximum absolute atomic E-state index is 11.8. The predicted octanol–water partition coefficient (Wildman–Crippen LogP) is 4.71. The van der Waals surface area contributed by atoms with E-state index < -0.39 is 12.1 Å². The fourth-order valence-electron chi connectivity index (χ4n) is 4.93. The Hall–Kier alpha value is -3.18. The van der Waals surface area contributed by atoms with E-state index in [9.17, 15) is 15.0 Å². The molecule has 1 atom stereocenters. The number of carbonyl (C=O) groups is 1. The summed E-state index contributed by atoms with van der Waals surface area (Å²) >= 11 is 6.47. The molecule has 1 saturated heterocycles. The summed E-state index contributed by atoms with van der Waals surface area (Å²) in [6.07, 6.45) is 6.69. The first-order chi connectivity index (χ1) is 17.4. The molecule has 4 rings (SSSR count). The van der Waals surface area contributed by atoms with Gasteiger partial charge in [0.1, 0.15) is 5.75 Å². The quantitative estimate of drug-likeness (QED) is 0.426. The van der Waals surface area contributed by atoms with Crippen molar-refractivity contribution in [2.75, 3.05) is 26.7 Å². The number of aliphatic hydroxyl groups excluding tert-OH is 1. The van der Waals surface area contributed by atoms with Crippen molar-refractivity contribution in [3.63, 3.8) is 0 Å². The molecule has 1 aliphatic rings. The number of halogens is 1. The second-order valence-corrected chi connectivity index (χ2v) is 9.75. The van der Waals surface area contributed by atoms with E-state index in [1.807, 2.05) is 30.3 Å². The second-order valence-electron chi connectivity index (χ2n) is 9.34. The number of hydrogen-bond donors (Lipinski definition) is 2. The van der Waals surface area contributed by atoms with Crippen LogP contribution in [0.4, 0.5) is 0 Å². The SMILES string of the molecule is COc1ccc2ncc(Cl)c([C@H](O)CCC3(CC(=O)O)CCN(CC#Cc4ccncc4)CC3)c2c1. The van der Waals surface area contributed by atoms with Crippen LogP contribution in [0.15, 0.2) is 48.9 Å². The zero-order chi connectivity index (χ0) is 25.5. The van der Waals surface area contributed by atoms with Crippen LogP contribution in [0, 0.1) is 17.3 Å². The van der Waals surface area contributed by atoms with E-state index in [0.29, 0.717) is 35.7 Å². The molecule has 3 aromatic rings. The van der Waals surface area contributed by atoms with Crippen LogP contribution in [-0.2, 0) is 4.79 Å². The lowest BCUT2D eigenvalue weighted by Gasteiger charge is -2.41. The Balaban J connectivity index is 1.43. The molecule has 2 aromatic heterocycles. The molecule has 0 radical (unpaired) electrons. The van der Waals surface area contributed by atoms with E-state index in [0.717, 1.165) is 42.4 Å². The number of aromatic nitrogens is 2. The number of aliphatic carboxylic acids is 1. The molecule has 1 fully saturated rings. The van der Waals surface area contributed by atoms with Gasteiger partial charge in [-0.25, -0.2) is 0 Å². The molecule has 7 nitrogen and oxygen atoms in total. The smallest absolute Gasteiger partial charge is 0.303 e. The van der Waals surface area contributed by atoms with E-state index in [-0.39, 0.29) is 11.8 Å². The molecule has 0 saturated carbocycles. The predicted molar refractivity (Wildman–Crippen MR) is 139 cm³/mol. The standard InChI is InChI=1S/C28H30ClN3O4/c1-36-21-4-5-24-22(17-21)27(23(29)19-31-24)25(33)6-9-28(18-26(34)35)10-15-32(16-11-28)14-2-3-20-7-12-30-13-8-20/h4-5,7-8,12-13,17,19,25,33H,6,9-11,14-16,18H2,1H3,(H,34,35)/t25-/m1/s1. The molecule has 0 unspecified atom stereocenters. The lowest BCUT2D eigenvalue weighted by Crippen LogP contribution is -2.41. The average Bonchev–Trinajstić information content (AvgIpc) is 2.88. The minimum absolute atomic E-state index is 0.0783. The van der Waals surface area contributed by atoms with Gasteiger partial charge < -0.3 is 14.9 Å². The van der Waals surface area contributed by atoms with E-state index in [2.05, 4.69) is 26.7 Å². The van der Waals surface area contributed by atoms with Gasteiger partial charge in [0.25, 0.3) is 0 Å². The molecule has 8 heteroatoms. The van der Waals surface area contributed by atoms with Gasteiger partial charge in [-0.15, -0.1) is 0 Å². The average molecular weight is 508 g/mol. The number of benzene rings is 1. The number of carboxylic acid groups (broad SMARTS) is 1. The molecule has 0 amide bonds.